The van der Waals surface area contributed by atoms with E-state index in [0.717, 1.165) is 0 Å². The Kier molecular flexibility index (Phi) is 5.46. The van der Waals surface area contributed by atoms with Crippen molar-refractivity contribution in [2.75, 3.05) is 12.4 Å². The number of aliphatic hydroxyl groups excluding tert-OH is 3. The van der Waals surface area contributed by atoms with Crippen molar-refractivity contribution in [2.45, 2.75) is 44.1 Å². The van der Waals surface area contributed by atoms with E-state index in [1.54, 1.807) is 0 Å². The van der Waals surface area contributed by atoms with Gasteiger partial charge in [-0.1, -0.05) is 6.92 Å². The quantitative estimate of drug-likeness (QED) is 0.431. The normalized spacial score (nSPS) is 37.7. The Hall–Kier alpha value is -0.290. The van der Waals surface area contributed by atoms with Crippen LogP contribution in [0.4, 0.5) is 0 Å². The Morgan fingerprint density at radius 2 is 1.78 bits per heavy atom. The van der Waals surface area contributed by atoms with E-state index in [-0.39, 0.29) is 6.61 Å². The summed E-state index contributed by atoms with van der Waals surface area (Å²) in [5.74, 6) is -0.885. The average Bonchev–Trinajstić information content (AvgIpc) is 2.27. The maximum atomic E-state index is 10.7. The van der Waals surface area contributed by atoms with E-state index in [1.165, 1.54) is 0 Å². The number of ether oxygens (including phenoxy) is 2. The maximum Gasteiger partial charge on any atom is 0.267 e. The minimum absolute atomic E-state index is 0.239. The molecule has 4 N–H and O–H groups in total. The van der Waals surface area contributed by atoms with Gasteiger partial charge in [-0.05, 0) is 6.42 Å². The molecule has 0 aromatic rings. The molecule has 1 saturated heterocycles. The van der Waals surface area contributed by atoms with E-state index in [2.05, 4.69) is 0 Å². The van der Waals surface area contributed by atoms with Crippen LogP contribution >= 0.6 is 0 Å². The van der Waals surface area contributed by atoms with Gasteiger partial charge in [-0.15, -0.1) is 0 Å². The molecule has 1 fully saturated rings. The fourth-order valence-electron chi connectivity index (χ4n) is 1.63. The van der Waals surface area contributed by atoms with Crippen LogP contribution in [-0.4, -0.2) is 71.4 Å². The topological polar surface area (TPSA) is 134 Å². The third-order valence-electron chi connectivity index (χ3n) is 2.53. The van der Waals surface area contributed by atoms with E-state index in [9.17, 15) is 23.7 Å². The number of aliphatic hydroxyl groups is 3. The van der Waals surface area contributed by atoms with Crippen LogP contribution in [0.2, 0.25) is 0 Å². The first-order valence-electron chi connectivity index (χ1n) is 5.52. The Morgan fingerprint density at radius 1 is 1.17 bits per heavy atom. The molecule has 0 spiro atoms. The molecule has 5 atom stereocenters. The van der Waals surface area contributed by atoms with Gasteiger partial charge in [0.15, 0.2) is 6.29 Å². The van der Waals surface area contributed by atoms with Crippen molar-refractivity contribution in [3.05, 3.63) is 0 Å². The highest BCUT2D eigenvalue weighted by Crippen LogP contribution is 2.23. The van der Waals surface area contributed by atoms with Crippen LogP contribution < -0.4 is 0 Å². The van der Waals surface area contributed by atoms with Gasteiger partial charge >= 0.3 is 0 Å². The first-order chi connectivity index (χ1) is 8.26. The highest BCUT2D eigenvalue weighted by molar-refractivity contribution is 7.85. The van der Waals surface area contributed by atoms with E-state index in [1.807, 2.05) is 6.92 Å². The van der Waals surface area contributed by atoms with Gasteiger partial charge in [0, 0.05) is 6.61 Å². The van der Waals surface area contributed by atoms with Gasteiger partial charge in [-0.25, -0.2) is 0 Å². The second-order valence-corrected chi connectivity index (χ2v) is 5.63. The first-order valence-corrected chi connectivity index (χ1v) is 7.13. The maximum absolute atomic E-state index is 10.7. The van der Waals surface area contributed by atoms with Crippen LogP contribution in [0.3, 0.4) is 0 Å². The largest absolute Gasteiger partial charge is 0.388 e. The lowest BCUT2D eigenvalue weighted by molar-refractivity contribution is -0.292. The molecular weight excluding hydrogens is 268 g/mol. The second kappa shape index (κ2) is 6.24. The molecule has 0 aliphatic carbocycles. The van der Waals surface area contributed by atoms with Crippen molar-refractivity contribution in [3.8, 4) is 0 Å². The molecule has 9 heteroatoms. The van der Waals surface area contributed by atoms with Crippen LogP contribution in [0.1, 0.15) is 13.3 Å². The van der Waals surface area contributed by atoms with Crippen LogP contribution in [0.15, 0.2) is 0 Å². The van der Waals surface area contributed by atoms with Crippen LogP contribution in [0.25, 0.3) is 0 Å². The van der Waals surface area contributed by atoms with E-state index in [0.29, 0.717) is 6.42 Å². The van der Waals surface area contributed by atoms with Gasteiger partial charge in [-0.2, -0.15) is 8.42 Å². The lowest BCUT2D eigenvalue weighted by Gasteiger charge is -2.39. The predicted octanol–water partition coefficient (Wildman–Crippen LogP) is -1.89. The molecule has 18 heavy (non-hydrogen) atoms. The SMILES string of the molecule is CCCOC1OC(CS(=O)(=O)O)C(O)C(O)C1O. The lowest BCUT2D eigenvalue weighted by Crippen LogP contribution is -2.59. The van der Waals surface area contributed by atoms with Crippen LogP contribution in [-0.2, 0) is 19.6 Å². The monoisotopic (exact) mass is 286 g/mol. The highest BCUT2D eigenvalue weighted by atomic mass is 32.2. The Bertz CT molecular complexity index is 356. The molecule has 108 valence electrons. The molecule has 1 aliphatic rings. The molecule has 0 bridgehead atoms. The smallest absolute Gasteiger partial charge is 0.267 e. The summed E-state index contributed by atoms with van der Waals surface area (Å²) in [6.07, 6.45) is -6.68. The van der Waals surface area contributed by atoms with Crippen molar-refractivity contribution in [1.82, 2.24) is 0 Å². The van der Waals surface area contributed by atoms with Gasteiger partial charge in [0.1, 0.15) is 30.2 Å². The van der Waals surface area contributed by atoms with Crippen molar-refractivity contribution in [3.63, 3.8) is 0 Å². The predicted molar refractivity (Wildman–Crippen MR) is 59.3 cm³/mol. The van der Waals surface area contributed by atoms with Gasteiger partial charge in [0.05, 0.1) is 0 Å². The van der Waals surface area contributed by atoms with Crippen molar-refractivity contribution in [2.24, 2.45) is 0 Å². The van der Waals surface area contributed by atoms with Gasteiger partial charge in [0.25, 0.3) is 10.1 Å². The molecule has 5 unspecified atom stereocenters. The van der Waals surface area contributed by atoms with Crippen molar-refractivity contribution >= 4 is 10.1 Å². The van der Waals surface area contributed by atoms with E-state index >= 15 is 0 Å². The third kappa shape index (κ3) is 4.12. The Balaban J connectivity index is 2.74. The molecule has 0 radical (unpaired) electrons. The molecule has 1 aliphatic heterocycles. The number of hydrogen-bond acceptors (Lipinski definition) is 7. The summed E-state index contributed by atoms with van der Waals surface area (Å²) in [4.78, 5) is 0. The average molecular weight is 286 g/mol. The third-order valence-corrected chi connectivity index (χ3v) is 3.28. The summed E-state index contributed by atoms with van der Waals surface area (Å²) in [6, 6.07) is 0. The summed E-state index contributed by atoms with van der Waals surface area (Å²) < 4.78 is 40.3. The van der Waals surface area contributed by atoms with Gasteiger partial charge < -0.3 is 24.8 Å². The zero-order valence-electron chi connectivity index (χ0n) is 9.84. The summed E-state index contributed by atoms with van der Waals surface area (Å²) >= 11 is 0. The summed E-state index contributed by atoms with van der Waals surface area (Å²) in [5.41, 5.74) is 0. The Labute approximate surface area is 105 Å². The van der Waals surface area contributed by atoms with Gasteiger partial charge in [-0.3, -0.25) is 4.55 Å². The molecule has 8 nitrogen and oxygen atoms in total. The molecule has 1 rings (SSSR count). The van der Waals surface area contributed by atoms with Gasteiger partial charge in [0.2, 0.25) is 0 Å². The summed E-state index contributed by atoms with van der Waals surface area (Å²) in [6.45, 7) is 2.05. The van der Waals surface area contributed by atoms with Crippen molar-refractivity contribution < 1.29 is 37.8 Å². The standard InChI is InChI=1S/C9H18O8S/c1-2-3-16-9-8(12)7(11)6(10)5(17-9)4-18(13,14)15/h5-12H,2-4H2,1H3,(H,13,14,15). The second-order valence-electron chi connectivity index (χ2n) is 4.13. The summed E-state index contributed by atoms with van der Waals surface area (Å²) in [7, 11) is -4.37. The highest BCUT2D eigenvalue weighted by Gasteiger charge is 2.45. The molecule has 1 heterocycles. The lowest BCUT2D eigenvalue weighted by atomic mass is 10.00. The minimum Gasteiger partial charge on any atom is -0.388 e. The van der Waals surface area contributed by atoms with Crippen LogP contribution in [0.5, 0.6) is 0 Å². The zero-order valence-corrected chi connectivity index (χ0v) is 10.7. The number of hydrogen-bond donors (Lipinski definition) is 4. The molecule has 0 saturated carbocycles. The van der Waals surface area contributed by atoms with Crippen LogP contribution in [0, 0.1) is 0 Å². The zero-order chi connectivity index (χ0) is 13.9. The fraction of sp³-hybridized carbons (Fsp3) is 1.00. The summed E-state index contributed by atoms with van der Waals surface area (Å²) in [5, 5.41) is 28.7. The minimum atomic E-state index is -4.37. The Morgan fingerprint density at radius 3 is 2.28 bits per heavy atom. The fourth-order valence-corrected chi connectivity index (χ4v) is 2.32. The molecule has 0 amide bonds. The molecule has 0 aromatic heterocycles. The van der Waals surface area contributed by atoms with E-state index in [4.69, 9.17) is 14.0 Å². The molecular formula is C9H18O8S. The number of rotatable bonds is 5. The van der Waals surface area contributed by atoms with Crippen molar-refractivity contribution in [1.29, 1.82) is 0 Å². The molecule has 0 aromatic carbocycles. The first kappa shape index (κ1) is 15.8. The van der Waals surface area contributed by atoms with E-state index < -0.39 is 46.6 Å².